The van der Waals surface area contributed by atoms with Crippen LogP contribution in [-0.4, -0.2) is 34.3 Å². The first-order chi connectivity index (χ1) is 8.15. The molecule has 1 aromatic rings. The first-order valence-electron chi connectivity index (χ1n) is 5.88. The van der Waals surface area contributed by atoms with E-state index in [4.69, 9.17) is 0 Å². The van der Waals surface area contributed by atoms with Crippen LogP contribution in [0.4, 0.5) is 5.69 Å². The van der Waals surface area contributed by atoms with E-state index in [0.29, 0.717) is 13.0 Å². The fraction of sp³-hybridized carbons (Fsp3) is 0.500. The second-order valence-electron chi connectivity index (χ2n) is 4.22. The number of sulfonamides is 1. The summed E-state index contributed by atoms with van der Waals surface area (Å²) in [5, 5.41) is 2.97. The van der Waals surface area contributed by atoms with Crippen LogP contribution in [-0.2, 0) is 16.4 Å². The van der Waals surface area contributed by atoms with Gasteiger partial charge in [0, 0.05) is 6.54 Å². The van der Waals surface area contributed by atoms with Gasteiger partial charge in [-0.2, -0.15) is 0 Å². The maximum Gasteiger partial charge on any atom is 0.235 e. The molecule has 1 heterocycles. The lowest BCUT2D eigenvalue weighted by molar-refractivity contribution is 0.588. The molecule has 17 heavy (non-hydrogen) atoms. The quantitative estimate of drug-likeness (QED) is 0.797. The number of nitrogens with zero attached hydrogens (tertiary/aromatic N) is 1. The van der Waals surface area contributed by atoms with E-state index < -0.39 is 10.0 Å². The van der Waals surface area contributed by atoms with Gasteiger partial charge in [-0.3, -0.25) is 4.31 Å². The number of nitrogens with one attached hydrogen (secondary N) is 1. The van der Waals surface area contributed by atoms with Crippen molar-refractivity contribution < 1.29 is 8.42 Å². The Bertz CT molecular complexity index is 485. The number of rotatable bonds is 5. The van der Waals surface area contributed by atoms with E-state index in [-0.39, 0.29) is 5.75 Å². The zero-order valence-corrected chi connectivity index (χ0v) is 10.8. The molecule has 0 unspecified atom stereocenters. The Morgan fingerprint density at radius 2 is 2.12 bits per heavy atom. The topological polar surface area (TPSA) is 49.4 Å². The highest BCUT2D eigenvalue weighted by atomic mass is 32.2. The summed E-state index contributed by atoms with van der Waals surface area (Å²) in [5.41, 5.74) is 1.99. The molecule has 4 nitrogen and oxygen atoms in total. The molecule has 5 heteroatoms. The molecule has 2 rings (SSSR count). The third-order valence-corrected chi connectivity index (χ3v) is 4.86. The molecule has 0 saturated carbocycles. The van der Waals surface area contributed by atoms with E-state index in [1.165, 1.54) is 0 Å². The van der Waals surface area contributed by atoms with Crippen molar-refractivity contribution in [3.05, 3.63) is 29.8 Å². The van der Waals surface area contributed by atoms with Gasteiger partial charge in [0.25, 0.3) is 0 Å². The average Bonchev–Trinajstić information content (AvgIpc) is 2.73. The summed E-state index contributed by atoms with van der Waals surface area (Å²) >= 11 is 0. The fourth-order valence-corrected chi connectivity index (χ4v) is 3.72. The Morgan fingerprint density at radius 1 is 1.35 bits per heavy atom. The molecule has 0 radical (unpaired) electrons. The third kappa shape index (κ3) is 2.61. The van der Waals surface area contributed by atoms with Crippen molar-refractivity contribution in [1.29, 1.82) is 0 Å². The lowest BCUT2D eigenvalue weighted by Crippen LogP contribution is -2.32. The first kappa shape index (κ1) is 12.4. The normalized spacial score (nSPS) is 15.0. The maximum atomic E-state index is 12.2. The molecule has 0 aromatic heterocycles. The minimum absolute atomic E-state index is 0.210. The Hall–Kier alpha value is -1.07. The number of anilines is 1. The second-order valence-corrected chi connectivity index (χ2v) is 6.24. The predicted octanol–water partition coefficient (Wildman–Crippen LogP) is 0.988. The molecule has 1 aliphatic rings. The molecule has 1 aliphatic heterocycles. The van der Waals surface area contributed by atoms with Crippen LogP contribution in [0.25, 0.3) is 0 Å². The van der Waals surface area contributed by atoms with Gasteiger partial charge in [0.15, 0.2) is 0 Å². The summed E-state index contributed by atoms with van der Waals surface area (Å²) in [4.78, 5) is 0. The van der Waals surface area contributed by atoms with Crippen LogP contribution in [0.3, 0.4) is 0 Å². The van der Waals surface area contributed by atoms with Crippen molar-refractivity contribution in [3.63, 3.8) is 0 Å². The summed E-state index contributed by atoms with van der Waals surface area (Å²) in [5.74, 6) is 0.210. The molecular formula is C12H18N2O2S. The molecule has 0 fully saturated rings. The molecule has 94 valence electrons. The zero-order chi connectivity index (χ0) is 12.3. The zero-order valence-electron chi connectivity index (χ0n) is 10.0. The van der Waals surface area contributed by atoms with Crippen LogP contribution in [0.5, 0.6) is 0 Å². The minimum Gasteiger partial charge on any atom is -0.320 e. The molecular weight excluding hydrogens is 236 g/mol. The monoisotopic (exact) mass is 254 g/mol. The van der Waals surface area contributed by atoms with Gasteiger partial charge in [-0.25, -0.2) is 8.42 Å². The summed E-state index contributed by atoms with van der Waals surface area (Å²) in [6, 6.07) is 7.73. The van der Waals surface area contributed by atoms with Gasteiger partial charge >= 0.3 is 0 Å². The molecule has 0 spiro atoms. The van der Waals surface area contributed by atoms with E-state index in [2.05, 4.69) is 5.32 Å². The van der Waals surface area contributed by atoms with E-state index >= 15 is 0 Å². The standard InChI is InChI=1S/C12H18N2O2S/c1-13-8-4-10-17(15,16)14-9-7-11-5-2-3-6-12(11)14/h2-3,5-6,13H,4,7-10H2,1H3. The molecule has 0 saturated heterocycles. The highest BCUT2D eigenvalue weighted by Gasteiger charge is 2.28. The van der Waals surface area contributed by atoms with Crippen LogP contribution in [0, 0.1) is 0 Å². The molecule has 1 aromatic carbocycles. The van der Waals surface area contributed by atoms with Gasteiger partial charge in [0.05, 0.1) is 11.4 Å². The van der Waals surface area contributed by atoms with Crippen LogP contribution in [0.15, 0.2) is 24.3 Å². The molecule has 1 N–H and O–H groups in total. The SMILES string of the molecule is CNCCCS(=O)(=O)N1CCc2ccccc21. The van der Waals surface area contributed by atoms with Crippen LogP contribution >= 0.6 is 0 Å². The highest BCUT2D eigenvalue weighted by molar-refractivity contribution is 7.92. The number of hydrogen-bond acceptors (Lipinski definition) is 3. The van der Waals surface area contributed by atoms with Gasteiger partial charge < -0.3 is 5.32 Å². The average molecular weight is 254 g/mol. The summed E-state index contributed by atoms with van der Waals surface area (Å²) in [7, 11) is -1.32. The van der Waals surface area contributed by atoms with Crippen LogP contribution < -0.4 is 9.62 Å². The van der Waals surface area contributed by atoms with E-state index in [1.54, 1.807) is 4.31 Å². The molecule has 0 bridgehead atoms. The largest absolute Gasteiger partial charge is 0.320 e. The van der Waals surface area contributed by atoms with Crippen LogP contribution in [0.1, 0.15) is 12.0 Å². The van der Waals surface area contributed by atoms with Crippen molar-refractivity contribution in [2.24, 2.45) is 0 Å². The summed E-state index contributed by atoms with van der Waals surface area (Å²) in [6.45, 7) is 1.32. The van der Waals surface area contributed by atoms with Gasteiger partial charge in [-0.15, -0.1) is 0 Å². The maximum absolute atomic E-state index is 12.2. The lowest BCUT2D eigenvalue weighted by Gasteiger charge is -2.19. The smallest absolute Gasteiger partial charge is 0.235 e. The van der Waals surface area contributed by atoms with E-state index in [0.717, 1.165) is 24.2 Å². The van der Waals surface area contributed by atoms with Crippen molar-refractivity contribution in [1.82, 2.24) is 5.32 Å². The predicted molar refractivity (Wildman–Crippen MR) is 69.8 cm³/mol. The second kappa shape index (κ2) is 5.06. The Kier molecular flexibility index (Phi) is 3.69. The van der Waals surface area contributed by atoms with Gasteiger partial charge in [-0.1, -0.05) is 18.2 Å². The van der Waals surface area contributed by atoms with Gasteiger partial charge in [0.2, 0.25) is 10.0 Å². The van der Waals surface area contributed by atoms with Crippen molar-refractivity contribution in [3.8, 4) is 0 Å². The van der Waals surface area contributed by atoms with Crippen molar-refractivity contribution in [2.75, 3.05) is 30.2 Å². The van der Waals surface area contributed by atoms with Gasteiger partial charge in [0.1, 0.15) is 0 Å². The number of hydrogen-bond donors (Lipinski definition) is 1. The Morgan fingerprint density at radius 3 is 2.88 bits per heavy atom. The lowest BCUT2D eigenvalue weighted by atomic mass is 10.2. The van der Waals surface area contributed by atoms with Crippen molar-refractivity contribution in [2.45, 2.75) is 12.8 Å². The van der Waals surface area contributed by atoms with Crippen LogP contribution in [0.2, 0.25) is 0 Å². The third-order valence-electron chi connectivity index (χ3n) is 3.01. The van der Waals surface area contributed by atoms with E-state index in [9.17, 15) is 8.42 Å². The number of para-hydroxylation sites is 1. The Balaban J connectivity index is 2.14. The summed E-state index contributed by atoms with van der Waals surface area (Å²) < 4.78 is 25.9. The molecule has 0 atom stereocenters. The molecule has 0 aliphatic carbocycles. The summed E-state index contributed by atoms with van der Waals surface area (Å²) in [6.07, 6.45) is 1.47. The first-order valence-corrected chi connectivity index (χ1v) is 7.49. The number of fused-ring (bicyclic) bond motifs is 1. The number of benzene rings is 1. The van der Waals surface area contributed by atoms with Gasteiger partial charge in [-0.05, 0) is 38.1 Å². The van der Waals surface area contributed by atoms with E-state index in [1.807, 2.05) is 31.3 Å². The molecule has 0 amide bonds. The van der Waals surface area contributed by atoms with Crippen molar-refractivity contribution >= 4 is 15.7 Å². The minimum atomic E-state index is -3.15. The fourth-order valence-electron chi connectivity index (χ4n) is 2.14. The highest BCUT2D eigenvalue weighted by Crippen LogP contribution is 2.30. The Labute approximate surface area is 103 Å².